The molecule has 0 bridgehead atoms. The van der Waals surface area contributed by atoms with Crippen LogP contribution in [0.3, 0.4) is 0 Å². The summed E-state index contributed by atoms with van der Waals surface area (Å²) in [5, 5.41) is 0.424. The molecule has 0 saturated heterocycles. The fraction of sp³-hybridized carbons (Fsp3) is 1.00. The third kappa shape index (κ3) is 1.02. The van der Waals surface area contributed by atoms with E-state index in [4.69, 9.17) is 0 Å². The van der Waals surface area contributed by atoms with Crippen molar-refractivity contribution in [2.45, 2.75) is 18.1 Å². The highest BCUT2D eigenvalue weighted by Gasteiger charge is 2.29. The smallest absolute Gasteiger partial charge is 0.0464 e. The van der Waals surface area contributed by atoms with Crippen LogP contribution in [0.4, 0.5) is 0 Å². The van der Waals surface area contributed by atoms with Crippen LogP contribution < -0.4 is 0 Å². The number of nitrogens with zero attached hydrogens (tertiary/aromatic N) is 1. The molecule has 2 nitrogen and oxygen atoms in total. The summed E-state index contributed by atoms with van der Waals surface area (Å²) in [5.41, 5.74) is 0. The number of rotatable bonds is 1. The molecule has 1 atom stereocenters. The molecule has 8 heavy (non-hydrogen) atoms. The maximum Gasteiger partial charge on any atom is 0.0464 e. The van der Waals surface area contributed by atoms with Crippen molar-refractivity contribution in [1.82, 2.24) is 0 Å². The Labute approximate surface area is 50.5 Å². The van der Waals surface area contributed by atoms with Crippen LogP contribution in [-0.2, 0) is 9.73 Å². The van der Waals surface area contributed by atoms with E-state index in [0.29, 0.717) is 5.25 Å². The molecule has 0 aromatic heterocycles. The van der Waals surface area contributed by atoms with Gasteiger partial charge < -0.3 is 0 Å². The van der Waals surface area contributed by atoms with Gasteiger partial charge in [-0.2, -0.15) is 0 Å². The summed E-state index contributed by atoms with van der Waals surface area (Å²) in [4.78, 5) is 0. The zero-order valence-corrected chi connectivity index (χ0v) is 6.07. The van der Waals surface area contributed by atoms with Crippen molar-refractivity contribution in [3.8, 4) is 0 Å². The van der Waals surface area contributed by atoms with Gasteiger partial charge in [0.25, 0.3) is 0 Å². The third-order valence-electron chi connectivity index (χ3n) is 1.51. The van der Waals surface area contributed by atoms with Crippen LogP contribution in [0.25, 0.3) is 0 Å². The predicted molar refractivity (Wildman–Crippen MR) is 35.4 cm³/mol. The summed E-state index contributed by atoms with van der Waals surface area (Å²) in [6, 6.07) is 0. The topological polar surface area (TPSA) is 29.4 Å². The van der Waals surface area contributed by atoms with Crippen molar-refractivity contribution in [2.75, 3.05) is 13.3 Å². The highest BCUT2D eigenvalue weighted by atomic mass is 32.2. The summed E-state index contributed by atoms with van der Waals surface area (Å²) >= 11 is 0. The monoisotopic (exact) mass is 133 g/mol. The van der Waals surface area contributed by atoms with Gasteiger partial charge in [-0.1, -0.05) is 0 Å². The molecule has 0 N–H and O–H groups in total. The Morgan fingerprint density at radius 1 is 1.62 bits per heavy atom. The average molecular weight is 133 g/mol. The van der Waals surface area contributed by atoms with Crippen molar-refractivity contribution in [3.05, 3.63) is 0 Å². The van der Waals surface area contributed by atoms with Crippen LogP contribution in [0.15, 0.2) is 4.36 Å². The number of hydrogen-bond donors (Lipinski definition) is 0. The minimum absolute atomic E-state index is 0.424. The first kappa shape index (κ1) is 6.08. The van der Waals surface area contributed by atoms with E-state index in [1.54, 1.807) is 13.3 Å². The van der Waals surface area contributed by atoms with Gasteiger partial charge in [-0.05, 0) is 12.8 Å². The van der Waals surface area contributed by atoms with E-state index in [0.717, 1.165) is 12.8 Å². The quantitative estimate of drug-likeness (QED) is 0.522. The zero-order valence-electron chi connectivity index (χ0n) is 5.26. The van der Waals surface area contributed by atoms with Crippen LogP contribution in [0.2, 0.25) is 0 Å². The van der Waals surface area contributed by atoms with Crippen LogP contribution in [0, 0.1) is 0 Å². The van der Waals surface area contributed by atoms with Crippen LogP contribution in [0.5, 0.6) is 0 Å². The van der Waals surface area contributed by atoms with E-state index < -0.39 is 9.73 Å². The highest BCUT2D eigenvalue weighted by Crippen LogP contribution is 2.28. The van der Waals surface area contributed by atoms with Gasteiger partial charge >= 0.3 is 0 Å². The zero-order chi connectivity index (χ0) is 6.20. The first-order valence-electron chi connectivity index (χ1n) is 2.76. The first-order chi connectivity index (χ1) is 3.67. The van der Waals surface area contributed by atoms with Gasteiger partial charge in [0.1, 0.15) is 0 Å². The van der Waals surface area contributed by atoms with Crippen LogP contribution in [0.1, 0.15) is 12.8 Å². The highest BCUT2D eigenvalue weighted by molar-refractivity contribution is 7.93. The Balaban J connectivity index is 2.80. The van der Waals surface area contributed by atoms with E-state index in [1.807, 2.05) is 0 Å². The second-order valence-electron chi connectivity index (χ2n) is 2.24. The Morgan fingerprint density at radius 3 is 2.25 bits per heavy atom. The Morgan fingerprint density at radius 2 is 2.12 bits per heavy atom. The lowest BCUT2D eigenvalue weighted by Crippen LogP contribution is -2.01. The molecular formula is C5H11NOS. The lowest BCUT2D eigenvalue weighted by atomic mass is 11.0. The molecule has 0 aromatic carbocycles. The maximum atomic E-state index is 11.2. The van der Waals surface area contributed by atoms with E-state index >= 15 is 0 Å². The Kier molecular flexibility index (Phi) is 1.31. The first-order valence-corrected chi connectivity index (χ1v) is 4.74. The summed E-state index contributed by atoms with van der Waals surface area (Å²) in [6.45, 7) is 0. The third-order valence-corrected chi connectivity index (χ3v) is 3.94. The van der Waals surface area contributed by atoms with Crippen molar-refractivity contribution in [1.29, 1.82) is 0 Å². The molecule has 1 fully saturated rings. The lowest BCUT2D eigenvalue weighted by molar-refractivity contribution is 0.679. The average Bonchev–Trinajstić information content (AvgIpc) is 2.44. The summed E-state index contributed by atoms with van der Waals surface area (Å²) < 4.78 is 15.0. The summed E-state index contributed by atoms with van der Waals surface area (Å²) in [5.74, 6) is 0. The van der Waals surface area contributed by atoms with E-state index in [2.05, 4.69) is 4.36 Å². The lowest BCUT2D eigenvalue weighted by Gasteiger charge is -1.94. The number of hydrogen-bond acceptors (Lipinski definition) is 2. The van der Waals surface area contributed by atoms with Gasteiger partial charge in [0.15, 0.2) is 0 Å². The standard InChI is InChI=1S/C5H11NOS/c1-6-8(2,7)5-3-4-5/h5H,3-4H2,1-2H3/t8-/m0/s1. The van der Waals surface area contributed by atoms with E-state index in [1.165, 1.54) is 0 Å². The minimum atomic E-state index is -1.75. The molecule has 1 saturated carbocycles. The molecule has 0 amide bonds. The van der Waals surface area contributed by atoms with Gasteiger partial charge in [-0.3, -0.25) is 0 Å². The van der Waals surface area contributed by atoms with Crippen molar-refractivity contribution >= 4 is 9.73 Å². The molecule has 1 aliphatic rings. The Bertz CT molecular complexity index is 187. The second kappa shape index (κ2) is 1.72. The maximum absolute atomic E-state index is 11.2. The van der Waals surface area contributed by atoms with E-state index in [-0.39, 0.29) is 0 Å². The molecule has 1 aliphatic carbocycles. The molecule has 0 aromatic rings. The largest absolute Gasteiger partial charge is 0.250 e. The molecule has 48 valence electrons. The summed E-state index contributed by atoms with van der Waals surface area (Å²) in [7, 11) is -0.110. The van der Waals surface area contributed by atoms with Gasteiger partial charge in [0, 0.05) is 28.3 Å². The fourth-order valence-corrected chi connectivity index (χ4v) is 1.96. The van der Waals surface area contributed by atoms with Crippen molar-refractivity contribution in [2.24, 2.45) is 4.36 Å². The van der Waals surface area contributed by atoms with Gasteiger partial charge in [-0.25, -0.2) is 8.57 Å². The predicted octanol–water partition coefficient (Wildman–Crippen LogP) is 0.876. The molecular weight excluding hydrogens is 122 g/mol. The molecule has 0 aliphatic heterocycles. The molecule has 1 rings (SSSR count). The van der Waals surface area contributed by atoms with Gasteiger partial charge in [0.05, 0.1) is 0 Å². The molecule has 0 heterocycles. The van der Waals surface area contributed by atoms with Crippen LogP contribution >= 0.6 is 0 Å². The van der Waals surface area contributed by atoms with Gasteiger partial charge in [-0.15, -0.1) is 0 Å². The second-order valence-corrected chi connectivity index (χ2v) is 5.00. The SMILES string of the molecule is CN=[S@@](C)(=O)C1CC1. The van der Waals surface area contributed by atoms with Gasteiger partial charge in [0.2, 0.25) is 0 Å². The van der Waals surface area contributed by atoms with Crippen LogP contribution in [-0.4, -0.2) is 22.8 Å². The molecule has 0 radical (unpaired) electrons. The normalized spacial score (nSPS) is 26.8. The fourth-order valence-electron chi connectivity index (χ4n) is 0.654. The van der Waals surface area contributed by atoms with Crippen molar-refractivity contribution in [3.63, 3.8) is 0 Å². The minimum Gasteiger partial charge on any atom is -0.250 e. The Hall–Kier alpha value is -0.0500. The molecule has 3 heteroatoms. The van der Waals surface area contributed by atoms with E-state index in [9.17, 15) is 4.21 Å². The van der Waals surface area contributed by atoms with Crippen molar-refractivity contribution < 1.29 is 4.21 Å². The molecule has 0 unspecified atom stereocenters. The summed E-state index contributed by atoms with van der Waals surface area (Å²) in [6.07, 6.45) is 3.98. The molecule has 0 spiro atoms.